The van der Waals surface area contributed by atoms with Gasteiger partial charge in [0.15, 0.2) is 0 Å². The largest absolute Gasteiger partial charge is 0.392 e. The predicted molar refractivity (Wildman–Crippen MR) is 63.1 cm³/mol. The van der Waals surface area contributed by atoms with Crippen LogP contribution < -0.4 is 0 Å². The fraction of sp³-hybridized carbons (Fsp3) is 0.571. The first-order chi connectivity index (χ1) is 7.06. The van der Waals surface area contributed by atoms with Crippen molar-refractivity contribution in [1.82, 2.24) is 0 Å². The standard InChI is InChI=1S/C14H20O/c1-10(2)12-5-4-6-13(9-12)14(7-8-14)11(3)15/h4-6,9-11,15H,7-8H2,1-3H3. The Morgan fingerprint density at radius 2 is 1.87 bits per heavy atom. The Morgan fingerprint density at radius 3 is 2.33 bits per heavy atom. The molecule has 0 spiro atoms. The Morgan fingerprint density at radius 1 is 1.20 bits per heavy atom. The molecule has 0 heterocycles. The maximum atomic E-state index is 9.83. The molecule has 1 fully saturated rings. The molecule has 1 aliphatic carbocycles. The zero-order chi connectivity index (χ0) is 11.1. The van der Waals surface area contributed by atoms with Crippen LogP contribution in [0.1, 0.15) is 50.7 Å². The van der Waals surface area contributed by atoms with E-state index in [-0.39, 0.29) is 11.5 Å². The van der Waals surface area contributed by atoms with Crippen LogP contribution in [-0.2, 0) is 5.41 Å². The van der Waals surface area contributed by atoms with Gasteiger partial charge >= 0.3 is 0 Å². The van der Waals surface area contributed by atoms with Crippen LogP contribution in [0.3, 0.4) is 0 Å². The molecule has 0 aromatic heterocycles. The maximum Gasteiger partial charge on any atom is 0.0608 e. The Kier molecular flexibility index (Phi) is 2.59. The molecule has 0 amide bonds. The summed E-state index contributed by atoms with van der Waals surface area (Å²) in [6, 6.07) is 8.72. The highest BCUT2D eigenvalue weighted by Gasteiger charge is 2.48. The Balaban J connectivity index is 2.33. The first-order valence-electron chi connectivity index (χ1n) is 5.85. The average Bonchev–Trinajstić information content (AvgIpc) is 2.98. The van der Waals surface area contributed by atoms with E-state index in [1.54, 1.807) is 0 Å². The summed E-state index contributed by atoms with van der Waals surface area (Å²) in [5.74, 6) is 0.565. The van der Waals surface area contributed by atoms with E-state index in [1.807, 2.05) is 6.92 Å². The van der Waals surface area contributed by atoms with Crippen LogP contribution in [-0.4, -0.2) is 11.2 Å². The number of hydrogen-bond acceptors (Lipinski definition) is 1. The molecule has 1 unspecified atom stereocenters. The second kappa shape index (κ2) is 3.64. The zero-order valence-corrected chi connectivity index (χ0v) is 9.83. The lowest BCUT2D eigenvalue weighted by atomic mass is 9.88. The number of benzene rings is 1. The third-order valence-corrected chi connectivity index (χ3v) is 3.72. The molecule has 2 rings (SSSR count). The summed E-state index contributed by atoms with van der Waals surface area (Å²) in [7, 11) is 0. The molecule has 0 bridgehead atoms. The topological polar surface area (TPSA) is 20.2 Å². The third-order valence-electron chi connectivity index (χ3n) is 3.72. The molecule has 1 aromatic carbocycles. The molecule has 0 aliphatic heterocycles. The Labute approximate surface area is 92.1 Å². The molecule has 15 heavy (non-hydrogen) atoms. The normalized spacial score (nSPS) is 20.3. The zero-order valence-electron chi connectivity index (χ0n) is 9.83. The van der Waals surface area contributed by atoms with Gasteiger partial charge in [-0.3, -0.25) is 0 Å². The molecule has 1 N–H and O–H groups in total. The summed E-state index contributed by atoms with van der Waals surface area (Å²) >= 11 is 0. The van der Waals surface area contributed by atoms with Crippen molar-refractivity contribution in [2.75, 3.05) is 0 Å². The van der Waals surface area contributed by atoms with E-state index < -0.39 is 0 Å². The van der Waals surface area contributed by atoms with Gasteiger partial charge in [-0.05, 0) is 36.8 Å². The van der Waals surface area contributed by atoms with Crippen LogP contribution in [0.5, 0.6) is 0 Å². The minimum absolute atomic E-state index is 0.0743. The van der Waals surface area contributed by atoms with Crippen LogP contribution in [0.15, 0.2) is 24.3 Å². The van der Waals surface area contributed by atoms with Crippen molar-refractivity contribution in [3.05, 3.63) is 35.4 Å². The molecule has 1 aromatic rings. The van der Waals surface area contributed by atoms with Gasteiger partial charge in [0.2, 0.25) is 0 Å². The summed E-state index contributed by atoms with van der Waals surface area (Å²) in [6.45, 7) is 6.33. The van der Waals surface area contributed by atoms with Crippen molar-refractivity contribution < 1.29 is 5.11 Å². The fourth-order valence-electron chi connectivity index (χ4n) is 2.29. The van der Waals surface area contributed by atoms with Gasteiger partial charge in [-0.15, -0.1) is 0 Å². The number of aliphatic hydroxyl groups excluding tert-OH is 1. The molecule has 1 saturated carbocycles. The molecule has 0 saturated heterocycles. The van der Waals surface area contributed by atoms with Crippen molar-refractivity contribution in [3.8, 4) is 0 Å². The molecule has 1 aliphatic rings. The Hall–Kier alpha value is -0.820. The van der Waals surface area contributed by atoms with Crippen LogP contribution in [0.4, 0.5) is 0 Å². The van der Waals surface area contributed by atoms with Gasteiger partial charge in [-0.1, -0.05) is 38.1 Å². The lowest BCUT2D eigenvalue weighted by Gasteiger charge is -2.20. The van der Waals surface area contributed by atoms with E-state index >= 15 is 0 Å². The predicted octanol–water partition coefficient (Wildman–Crippen LogP) is 3.22. The van der Waals surface area contributed by atoms with Gasteiger partial charge in [-0.25, -0.2) is 0 Å². The SMILES string of the molecule is CC(C)c1cccc(C2(C(C)O)CC2)c1. The molecular formula is C14H20O. The summed E-state index contributed by atoms with van der Waals surface area (Å²) in [5, 5.41) is 9.83. The summed E-state index contributed by atoms with van der Waals surface area (Å²) < 4.78 is 0. The summed E-state index contributed by atoms with van der Waals surface area (Å²) in [5.41, 5.74) is 2.77. The lowest BCUT2D eigenvalue weighted by Crippen LogP contribution is -2.22. The van der Waals surface area contributed by atoms with Gasteiger partial charge in [0.1, 0.15) is 0 Å². The van der Waals surface area contributed by atoms with E-state index in [2.05, 4.69) is 38.1 Å². The molecule has 1 atom stereocenters. The number of hydrogen-bond donors (Lipinski definition) is 1. The van der Waals surface area contributed by atoms with E-state index in [4.69, 9.17) is 0 Å². The number of rotatable bonds is 3. The van der Waals surface area contributed by atoms with Crippen LogP contribution >= 0.6 is 0 Å². The summed E-state index contributed by atoms with van der Waals surface area (Å²) in [6.07, 6.45) is 2.04. The molecule has 1 nitrogen and oxygen atoms in total. The first kappa shape index (κ1) is 10.7. The molecule has 0 radical (unpaired) electrons. The highest BCUT2D eigenvalue weighted by atomic mass is 16.3. The van der Waals surface area contributed by atoms with Gasteiger partial charge < -0.3 is 5.11 Å². The quantitative estimate of drug-likeness (QED) is 0.801. The maximum absolute atomic E-state index is 9.83. The first-order valence-corrected chi connectivity index (χ1v) is 5.85. The van der Waals surface area contributed by atoms with Gasteiger partial charge in [-0.2, -0.15) is 0 Å². The minimum atomic E-state index is -0.222. The van der Waals surface area contributed by atoms with Crippen molar-refractivity contribution in [2.45, 2.75) is 51.0 Å². The lowest BCUT2D eigenvalue weighted by molar-refractivity contribution is 0.150. The van der Waals surface area contributed by atoms with Gasteiger partial charge in [0, 0.05) is 5.41 Å². The van der Waals surface area contributed by atoms with Gasteiger partial charge in [0.05, 0.1) is 6.10 Å². The Bertz CT molecular complexity index is 348. The van der Waals surface area contributed by atoms with Crippen LogP contribution in [0.25, 0.3) is 0 Å². The second-order valence-corrected chi connectivity index (χ2v) is 5.11. The minimum Gasteiger partial charge on any atom is -0.392 e. The molecular weight excluding hydrogens is 184 g/mol. The van der Waals surface area contributed by atoms with Gasteiger partial charge in [0.25, 0.3) is 0 Å². The second-order valence-electron chi connectivity index (χ2n) is 5.11. The average molecular weight is 204 g/mol. The van der Waals surface area contributed by atoms with Crippen LogP contribution in [0.2, 0.25) is 0 Å². The summed E-state index contributed by atoms with van der Waals surface area (Å²) in [4.78, 5) is 0. The van der Waals surface area contributed by atoms with Crippen molar-refractivity contribution >= 4 is 0 Å². The van der Waals surface area contributed by atoms with Crippen molar-refractivity contribution in [1.29, 1.82) is 0 Å². The highest BCUT2D eigenvalue weighted by molar-refractivity contribution is 5.36. The fourth-order valence-corrected chi connectivity index (χ4v) is 2.29. The third kappa shape index (κ3) is 1.81. The van der Waals surface area contributed by atoms with E-state index in [0.717, 1.165) is 12.8 Å². The number of aliphatic hydroxyl groups is 1. The van der Waals surface area contributed by atoms with E-state index in [0.29, 0.717) is 5.92 Å². The highest BCUT2D eigenvalue weighted by Crippen LogP contribution is 2.51. The van der Waals surface area contributed by atoms with Crippen LogP contribution in [0, 0.1) is 0 Å². The van der Waals surface area contributed by atoms with E-state index in [1.165, 1.54) is 11.1 Å². The smallest absolute Gasteiger partial charge is 0.0608 e. The monoisotopic (exact) mass is 204 g/mol. The van der Waals surface area contributed by atoms with Crippen molar-refractivity contribution in [2.24, 2.45) is 0 Å². The van der Waals surface area contributed by atoms with E-state index in [9.17, 15) is 5.11 Å². The molecule has 82 valence electrons. The van der Waals surface area contributed by atoms with Crippen molar-refractivity contribution in [3.63, 3.8) is 0 Å². The molecule has 1 heteroatoms.